The minimum atomic E-state index is 0.180. The van der Waals surface area contributed by atoms with Gasteiger partial charge in [0, 0.05) is 23.1 Å². The first-order valence-electron chi connectivity index (χ1n) is 8.30. The lowest BCUT2D eigenvalue weighted by molar-refractivity contribution is 0.252. The maximum atomic E-state index is 5.00. The summed E-state index contributed by atoms with van der Waals surface area (Å²) in [6, 6.07) is 6.54. The molecule has 23 heavy (non-hydrogen) atoms. The Morgan fingerprint density at radius 2 is 1.91 bits per heavy atom. The lowest BCUT2D eigenvalue weighted by Gasteiger charge is -2.34. The Kier molecular flexibility index (Phi) is 4.09. The highest BCUT2D eigenvalue weighted by atomic mass is 32.1. The molecule has 0 bridgehead atoms. The SMILES string of the molecule is Cc1ccn2c(C(C(C)C)C(C)(C)C)c(-c3ccsc3)nc2c1. The van der Waals surface area contributed by atoms with E-state index in [0.717, 1.165) is 11.3 Å². The van der Waals surface area contributed by atoms with Gasteiger partial charge in [0.05, 0.1) is 11.4 Å². The van der Waals surface area contributed by atoms with E-state index in [9.17, 15) is 0 Å². The fourth-order valence-electron chi connectivity index (χ4n) is 3.80. The summed E-state index contributed by atoms with van der Waals surface area (Å²) in [6.07, 6.45) is 2.18. The summed E-state index contributed by atoms with van der Waals surface area (Å²) in [5.74, 6) is 0.990. The molecule has 0 aliphatic heterocycles. The van der Waals surface area contributed by atoms with Gasteiger partial charge in [-0.1, -0.05) is 34.6 Å². The Bertz CT molecular complexity index is 804. The van der Waals surface area contributed by atoms with Crippen molar-refractivity contribution in [2.45, 2.75) is 47.5 Å². The molecule has 1 atom stereocenters. The molecule has 122 valence electrons. The monoisotopic (exact) mass is 326 g/mol. The summed E-state index contributed by atoms with van der Waals surface area (Å²) in [7, 11) is 0. The van der Waals surface area contributed by atoms with E-state index in [0.29, 0.717) is 11.8 Å². The summed E-state index contributed by atoms with van der Waals surface area (Å²) in [4.78, 5) is 5.00. The van der Waals surface area contributed by atoms with Crippen molar-refractivity contribution >= 4 is 17.0 Å². The summed E-state index contributed by atoms with van der Waals surface area (Å²) < 4.78 is 2.30. The highest BCUT2D eigenvalue weighted by molar-refractivity contribution is 7.08. The van der Waals surface area contributed by atoms with Gasteiger partial charge in [0.15, 0.2) is 0 Å². The van der Waals surface area contributed by atoms with Crippen LogP contribution in [0.4, 0.5) is 0 Å². The molecular formula is C20H26N2S. The van der Waals surface area contributed by atoms with E-state index in [1.54, 1.807) is 11.3 Å². The first-order chi connectivity index (χ1) is 10.8. The molecule has 3 aromatic heterocycles. The molecule has 1 unspecified atom stereocenters. The molecule has 3 aromatic rings. The van der Waals surface area contributed by atoms with E-state index in [2.05, 4.69) is 81.1 Å². The second kappa shape index (κ2) is 5.79. The number of imidazole rings is 1. The van der Waals surface area contributed by atoms with Crippen molar-refractivity contribution in [3.8, 4) is 11.3 Å². The number of hydrogen-bond acceptors (Lipinski definition) is 2. The average molecular weight is 327 g/mol. The lowest BCUT2D eigenvalue weighted by Crippen LogP contribution is -2.25. The predicted octanol–water partition coefficient (Wildman–Crippen LogP) is 6.16. The summed E-state index contributed by atoms with van der Waals surface area (Å²) >= 11 is 1.73. The van der Waals surface area contributed by atoms with E-state index in [1.165, 1.54) is 16.8 Å². The van der Waals surface area contributed by atoms with Gasteiger partial charge in [-0.05, 0) is 47.4 Å². The Hall–Kier alpha value is -1.61. The van der Waals surface area contributed by atoms with Crippen molar-refractivity contribution in [2.24, 2.45) is 11.3 Å². The van der Waals surface area contributed by atoms with E-state index in [4.69, 9.17) is 4.98 Å². The standard InChI is InChI=1S/C20H26N2S/c1-13(2)17(20(4,5)6)19-18(15-8-10-23-12-15)21-16-11-14(3)7-9-22(16)19/h7-13,17H,1-6H3. The normalized spacial score (nSPS) is 13.9. The van der Waals surface area contributed by atoms with Crippen LogP contribution in [-0.4, -0.2) is 9.38 Å². The zero-order valence-electron chi connectivity index (χ0n) is 14.9. The number of pyridine rings is 1. The third-order valence-electron chi connectivity index (χ3n) is 4.51. The molecule has 3 heterocycles. The van der Waals surface area contributed by atoms with Gasteiger partial charge in [0.1, 0.15) is 5.65 Å². The van der Waals surface area contributed by atoms with Gasteiger partial charge in [0.2, 0.25) is 0 Å². The Labute approximate surface area is 143 Å². The Morgan fingerprint density at radius 3 is 2.48 bits per heavy atom. The van der Waals surface area contributed by atoms with Crippen molar-refractivity contribution in [1.29, 1.82) is 0 Å². The minimum Gasteiger partial charge on any atom is -0.303 e. The number of aryl methyl sites for hydroxylation is 1. The first kappa shape index (κ1) is 16.3. The highest BCUT2D eigenvalue weighted by Crippen LogP contribution is 2.44. The van der Waals surface area contributed by atoms with Crippen molar-refractivity contribution in [2.75, 3.05) is 0 Å². The van der Waals surface area contributed by atoms with E-state index >= 15 is 0 Å². The van der Waals surface area contributed by atoms with Crippen molar-refractivity contribution in [1.82, 2.24) is 9.38 Å². The van der Waals surface area contributed by atoms with Crippen molar-refractivity contribution < 1.29 is 0 Å². The number of rotatable bonds is 3. The third kappa shape index (κ3) is 2.94. The van der Waals surface area contributed by atoms with Crippen LogP contribution in [0.3, 0.4) is 0 Å². The molecule has 0 amide bonds. The van der Waals surface area contributed by atoms with E-state index < -0.39 is 0 Å². The van der Waals surface area contributed by atoms with Gasteiger partial charge < -0.3 is 4.40 Å². The third-order valence-corrected chi connectivity index (χ3v) is 5.19. The second-order valence-electron chi connectivity index (χ2n) is 7.88. The topological polar surface area (TPSA) is 17.3 Å². The largest absolute Gasteiger partial charge is 0.303 e. The molecule has 0 saturated carbocycles. The van der Waals surface area contributed by atoms with Crippen LogP contribution in [0.5, 0.6) is 0 Å². The summed E-state index contributed by atoms with van der Waals surface area (Å²) in [6.45, 7) is 13.8. The van der Waals surface area contributed by atoms with E-state index in [-0.39, 0.29) is 5.41 Å². The molecule has 0 N–H and O–H groups in total. The number of aromatic nitrogens is 2. The number of fused-ring (bicyclic) bond motifs is 1. The van der Waals surface area contributed by atoms with Crippen LogP contribution in [-0.2, 0) is 0 Å². The van der Waals surface area contributed by atoms with Gasteiger partial charge in [-0.15, -0.1) is 0 Å². The Balaban J connectivity index is 2.34. The zero-order chi connectivity index (χ0) is 16.8. The van der Waals surface area contributed by atoms with Gasteiger partial charge in [0.25, 0.3) is 0 Å². The van der Waals surface area contributed by atoms with Crippen LogP contribution in [0.25, 0.3) is 16.9 Å². The molecule has 0 saturated heterocycles. The first-order valence-corrected chi connectivity index (χ1v) is 9.24. The molecule has 0 aromatic carbocycles. The maximum absolute atomic E-state index is 5.00. The van der Waals surface area contributed by atoms with Crippen LogP contribution in [0.15, 0.2) is 35.2 Å². The molecule has 0 fully saturated rings. The van der Waals surface area contributed by atoms with Gasteiger partial charge in [-0.25, -0.2) is 4.98 Å². The van der Waals surface area contributed by atoms with Gasteiger partial charge in [-0.3, -0.25) is 0 Å². The van der Waals surface area contributed by atoms with Crippen LogP contribution in [0.2, 0.25) is 0 Å². The van der Waals surface area contributed by atoms with Gasteiger partial charge in [-0.2, -0.15) is 11.3 Å². The smallest absolute Gasteiger partial charge is 0.137 e. The molecule has 0 aliphatic rings. The molecule has 2 nitrogen and oxygen atoms in total. The highest BCUT2D eigenvalue weighted by Gasteiger charge is 2.34. The number of nitrogens with zero attached hydrogens (tertiary/aromatic N) is 2. The van der Waals surface area contributed by atoms with E-state index in [1.807, 2.05) is 0 Å². The van der Waals surface area contributed by atoms with Crippen LogP contribution >= 0.6 is 11.3 Å². The van der Waals surface area contributed by atoms with Crippen LogP contribution in [0, 0.1) is 18.3 Å². The number of thiophene rings is 1. The van der Waals surface area contributed by atoms with Crippen LogP contribution < -0.4 is 0 Å². The summed E-state index contributed by atoms with van der Waals surface area (Å²) in [5, 5.41) is 4.34. The fraction of sp³-hybridized carbons (Fsp3) is 0.450. The predicted molar refractivity (Wildman–Crippen MR) is 100 cm³/mol. The molecule has 0 aliphatic carbocycles. The molecule has 0 spiro atoms. The number of hydrogen-bond donors (Lipinski definition) is 0. The minimum absolute atomic E-state index is 0.180. The summed E-state index contributed by atoms with van der Waals surface area (Å²) in [5.41, 5.74) is 6.21. The van der Waals surface area contributed by atoms with Crippen LogP contribution in [0.1, 0.15) is 51.8 Å². The zero-order valence-corrected chi connectivity index (χ0v) is 15.7. The second-order valence-corrected chi connectivity index (χ2v) is 8.66. The molecule has 0 radical (unpaired) electrons. The average Bonchev–Trinajstić information content (AvgIpc) is 3.04. The van der Waals surface area contributed by atoms with Crippen molar-refractivity contribution in [3.05, 3.63) is 46.4 Å². The molecular weight excluding hydrogens is 300 g/mol. The molecule has 3 rings (SSSR count). The molecule has 3 heteroatoms. The maximum Gasteiger partial charge on any atom is 0.137 e. The Morgan fingerprint density at radius 1 is 1.17 bits per heavy atom. The van der Waals surface area contributed by atoms with Crippen molar-refractivity contribution in [3.63, 3.8) is 0 Å². The fourth-order valence-corrected chi connectivity index (χ4v) is 4.44. The lowest BCUT2D eigenvalue weighted by atomic mass is 9.71. The van der Waals surface area contributed by atoms with Gasteiger partial charge >= 0.3 is 0 Å². The quantitative estimate of drug-likeness (QED) is 0.563.